The first kappa shape index (κ1) is 21.6. The van der Waals surface area contributed by atoms with E-state index in [4.69, 9.17) is 16.3 Å². The van der Waals surface area contributed by atoms with Crippen molar-refractivity contribution in [3.05, 3.63) is 88.3 Å². The van der Waals surface area contributed by atoms with Crippen LogP contribution in [0.2, 0.25) is 5.02 Å². The number of anilines is 2. The number of benzene rings is 2. The molecular weight excluding hydrogens is 420 g/mol. The van der Waals surface area contributed by atoms with Gasteiger partial charge in [-0.25, -0.2) is 0 Å². The number of nitriles is 1. The Morgan fingerprint density at radius 1 is 1.12 bits per heavy atom. The molecule has 0 aliphatic carbocycles. The maximum atomic E-state index is 9.75. The van der Waals surface area contributed by atoms with Crippen molar-refractivity contribution in [2.45, 2.75) is 33.3 Å². The molecule has 0 spiro atoms. The van der Waals surface area contributed by atoms with E-state index in [1.165, 1.54) is 11.1 Å². The predicted molar refractivity (Wildman–Crippen MR) is 129 cm³/mol. The van der Waals surface area contributed by atoms with Crippen LogP contribution in [0.5, 0.6) is 5.75 Å². The predicted octanol–water partition coefficient (Wildman–Crippen LogP) is 6.91. The SMILES string of the molecule is Cc1ccc2ncc(C#N)c(Nc3ccc(OCc4ccccn4)c(Cl)c3)c2c1C(C)C. The Bertz CT molecular complexity index is 1310. The van der Waals surface area contributed by atoms with E-state index < -0.39 is 0 Å². The number of ether oxygens (including phenoxy) is 1. The Morgan fingerprint density at radius 3 is 2.66 bits per heavy atom. The highest BCUT2D eigenvalue weighted by molar-refractivity contribution is 6.32. The molecule has 0 bridgehead atoms. The fourth-order valence-corrected chi connectivity index (χ4v) is 4.08. The van der Waals surface area contributed by atoms with E-state index >= 15 is 0 Å². The van der Waals surface area contributed by atoms with Crippen LogP contribution in [-0.4, -0.2) is 9.97 Å². The van der Waals surface area contributed by atoms with Gasteiger partial charge in [0.25, 0.3) is 0 Å². The molecule has 2 heterocycles. The number of hydrogen-bond donors (Lipinski definition) is 1. The first-order chi connectivity index (χ1) is 15.5. The van der Waals surface area contributed by atoms with Gasteiger partial charge in [-0.1, -0.05) is 37.6 Å². The Kier molecular flexibility index (Phi) is 6.25. The summed E-state index contributed by atoms with van der Waals surface area (Å²) < 4.78 is 5.82. The van der Waals surface area contributed by atoms with Gasteiger partial charge in [-0.15, -0.1) is 0 Å². The molecule has 1 N–H and O–H groups in total. The van der Waals surface area contributed by atoms with Gasteiger partial charge >= 0.3 is 0 Å². The molecule has 0 radical (unpaired) electrons. The fourth-order valence-electron chi connectivity index (χ4n) is 3.85. The Morgan fingerprint density at radius 2 is 1.97 bits per heavy atom. The maximum Gasteiger partial charge on any atom is 0.138 e. The average molecular weight is 443 g/mol. The second-order valence-electron chi connectivity index (χ2n) is 7.88. The van der Waals surface area contributed by atoms with Gasteiger partial charge in [-0.05, 0) is 60.4 Å². The van der Waals surface area contributed by atoms with Crippen LogP contribution in [0.4, 0.5) is 11.4 Å². The highest BCUT2D eigenvalue weighted by atomic mass is 35.5. The summed E-state index contributed by atoms with van der Waals surface area (Å²) >= 11 is 6.50. The van der Waals surface area contributed by atoms with Crippen molar-refractivity contribution in [2.24, 2.45) is 0 Å². The molecule has 32 heavy (non-hydrogen) atoms. The first-order valence-corrected chi connectivity index (χ1v) is 10.8. The van der Waals surface area contributed by atoms with Gasteiger partial charge in [0.1, 0.15) is 18.4 Å². The third-order valence-electron chi connectivity index (χ3n) is 5.29. The molecule has 0 saturated heterocycles. The molecule has 160 valence electrons. The van der Waals surface area contributed by atoms with Crippen LogP contribution in [-0.2, 0) is 6.61 Å². The van der Waals surface area contributed by atoms with Crippen LogP contribution < -0.4 is 10.1 Å². The Hall–Kier alpha value is -3.62. The van der Waals surface area contributed by atoms with Gasteiger partial charge in [0.2, 0.25) is 0 Å². The highest BCUT2D eigenvalue weighted by Gasteiger charge is 2.17. The van der Waals surface area contributed by atoms with E-state index in [1.54, 1.807) is 18.5 Å². The number of halogens is 1. The first-order valence-electron chi connectivity index (χ1n) is 10.4. The number of aryl methyl sites for hydroxylation is 1. The number of rotatable bonds is 6. The summed E-state index contributed by atoms with van der Waals surface area (Å²) in [6.45, 7) is 6.71. The van der Waals surface area contributed by atoms with Crippen molar-refractivity contribution in [3.8, 4) is 11.8 Å². The molecule has 0 aliphatic rings. The summed E-state index contributed by atoms with van der Waals surface area (Å²) in [6, 6.07) is 17.5. The third kappa shape index (κ3) is 4.37. The molecule has 0 aliphatic heterocycles. The van der Waals surface area contributed by atoms with Crippen LogP contribution >= 0.6 is 11.6 Å². The molecule has 0 atom stereocenters. The smallest absolute Gasteiger partial charge is 0.138 e. The van der Waals surface area contributed by atoms with Crippen molar-refractivity contribution < 1.29 is 4.74 Å². The molecule has 6 heteroatoms. The fraction of sp³-hybridized carbons (Fsp3) is 0.192. The van der Waals surface area contributed by atoms with E-state index in [9.17, 15) is 5.26 Å². The van der Waals surface area contributed by atoms with Crippen molar-refractivity contribution in [2.75, 3.05) is 5.32 Å². The topological polar surface area (TPSA) is 70.8 Å². The molecule has 0 unspecified atom stereocenters. The van der Waals surface area contributed by atoms with E-state index in [2.05, 4.69) is 48.2 Å². The van der Waals surface area contributed by atoms with Crippen LogP contribution in [0, 0.1) is 18.3 Å². The monoisotopic (exact) mass is 442 g/mol. The minimum absolute atomic E-state index is 0.279. The van der Waals surface area contributed by atoms with Gasteiger partial charge in [-0.2, -0.15) is 5.26 Å². The molecule has 0 fully saturated rings. The average Bonchev–Trinajstić information content (AvgIpc) is 2.79. The minimum atomic E-state index is 0.279. The largest absolute Gasteiger partial charge is 0.486 e. The molecule has 2 aromatic heterocycles. The zero-order chi connectivity index (χ0) is 22.7. The second kappa shape index (κ2) is 9.25. The summed E-state index contributed by atoms with van der Waals surface area (Å²) in [5, 5.41) is 14.6. The lowest BCUT2D eigenvalue weighted by molar-refractivity contribution is 0.301. The van der Waals surface area contributed by atoms with Gasteiger partial charge in [-0.3, -0.25) is 9.97 Å². The van der Waals surface area contributed by atoms with Crippen molar-refractivity contribution in [1.29, 1.82) is 5.26 Å². The number of pyridine rings is 2. The normalized spacial score (nSPS) is 10.9. The van der Waals surface area contributed by atoms with E-state index in [-0.39, 0.29) is 5.92 Å². The standard InChI is InChI=1S/C26H23ClN4O/c1-16(2)24-17(3)7-9-22-25(24)26(18(13-28)14-30-22)31-19-8-10-23(21(27)12-19)32-15-20-6-4-5-11-29-20/h4-12,14,16H,15H2,1-3H3,(H,30,31). The van der Waals surface area contributed by atoms with E-state index in [0.717, 1.165) is 28.0 Å². The molecule has 2 aromatic carbocycles. The summed E-state index contributed by atoms with van der Waals surface area (Å²) in [7, 11) is 0. The lowest BCUT2D eigenvalue weighted by Gasteiger charge is -2.19. The van der Waals surface area contributed by atoms with Crippen molar-refractivity contribution in [3.63, 3.8) is 0 Å². The molecule has 5 nitrogen and oxygen atoms in total. The number of hydrogen-bond acceptors (Lipinski definition) is 5. The Labute approximate surface area is 192 Å². The number of fused-ring (bicyclic) bond motifs is 1. The van der Waals surface area contributed by atoms with Crippen molar-refractivity contribution in [1.82, 2.24) is 9.97 Å². The number of aromatic nitrogens is 2. The van der Waals surface area contributed by atoms with Gasteiger partial charge in [0.05, 0.1) is 27.5 Å². The van der Waals surface area contributed by atoms with Crippen molar-refractivity contribution >= 4 is 33.9 Å². The van der Waals surface area contributed by atoms with Crippen LogP contribution in [0.25, 0.3) is 10.9 Å². The summed E-state index contributed by atoms with van der Waals surface area (Å²) in [4.78, 5) is 8.77. The van der Waals surface area contributed by atoms with E-state index in [1.807, 2.05) is 36.4 Å². The summed E-state index contributed by atoms with van der Waals surface area (Å²) in [5.41, 5.74) is 6.01. The number of nitrogens with zero attached hydrogens (tertiary/aromatic N) is 3. The quantitative estimate of drug-likeness (QED) is 0.351. The summed E-state index contributed by atoms with van der Waals surface area (Å²) in [6.07, 6.45) is 3.34. The maximum absolute atomic E-state index is 9.75. The molecule has 0 amide bonds. The zero-order valence-corrected chi connectivity index (χ0v) is 18.9. The summed E-state index contributed by atoms with van der Waals surface area (Å²) in [5.74, 6) is 0.850. The lowest BCUT2D eigenvalue weighted by atomic mass is 9.91. The lowest BCUT2D eigenvalue weighted by Crippen LogP contribution is -2.02. The molecule has 0 saturated carbocycles. The zero-order valence-electron chi connectivity index (χ0n) is 18.2. The molecule has 4 rings (SSSR count). The highest BCUT2D eigenvalue weighted by Crippen LogP contribution is 2.37. The van der Waals surface area contributed by atoms with Gasteiger partial charge in [0, 0.05) is 23.5 Å². The Balaban J connectivity index is 1.69. The third-order valence-corrected chi connectivity index (χ3v) is 5.59. The molecule has 4 aromatic rings. The van der Waals surface area contributed by atoms with E-state index in [0.29, 0.717) is 22.9 Å². The minimum Gasteiger partial charge on any atom is -0.486 e. The van der Waals surface area contributed by atoms with Crippen LogP contribution in [0.1, 0.15) is 42.1 Å². The second-order valence-corrected chi connectivity index (χ2v) is 8.29. The van der Waals surface area contributed by atoms with Gasteiger partial charge < -0.3 is 10.1 Å². The van der Waals surface area contributed by atoms with Gasteiger partial charge in [0.15, 0.2) is 0 Å². The van der Waals surface area contributed by atoms with Crippen LogP contribution in [0.3, 0.4) is 0 Å². The van der Waals surface area contributed by atoms with Crippen LogP contribution in [0.15, 0.2) is 60.9 Å². The number of nitrogens with one attached hydrogen (secondary N) is 1. The molecular formula is C26H23ClN4O.